The number of amides is 1. The molecule has 4 N–H and O–H groups in total. The van der Waals surface area contributed by atoms with Gasteiger partial charge >= 0.3 is 0 Å². The summed E-state index contributed by atoms with van der Waals surface area (Å²) in [5, 5.41) is 33.5. The Morgan fingerprint density at radius 3 is 2.53 bits per heavy atom. The monoisotopic (exact) mass is 483 g/mol. The maximum absolute atomic E-state index is 13.6. The molecule has 0 aliphatic carbocycles. The SMILES string of the molecule is CC=NC(/C(O)=C/C(O)NCCOC)C(/C=C/CC(C)/C=C\C(F)=C/CC)N(C=O)CC(C)O. The molecule has 34 heavy (non-hydrogen) atoms. The predicted molar refractivity (Wildman–Crippen MR) is 134 cm³/mol. The van der Waals surface area contributed by atoms with Crippen molar-refractivity contribution < 1.29 is 29.2 Å². The van der Waals surface area contributed by atoms with E-state index in [2.05, 4.69) is 10.3 Å². The van der Waals surface area contributed by atoms with Gasteiger partial charge in [0.25, 0.3) is 0 Å². The highest BCUT2D eigenvalue weighted by atomic mass is 19.1. The number of carbonyl (C=O) groups excluding carboxylic acids is 1. The Kier molecular flexibility index (Phi) is 17.7. The molecule has 0 bridgehead atoms. The van der Waals surface area contributed by atoms with Crippen molar-refractivity contribution in [2.24, 2.45) is 10.9 Å². The van der Waals surface area contributed by atoms with E-state index in [9.17, 15) is 24.5 Å². The van der Waals surface area contributed by atoms with Gasteiger partial charge in [-0.05, 0) is 57.0 Å². The molecule has 0 aromatic rings. The molecule has 0 radical (unpaired) electrons. The van der Waals surface area contributed by atoms with Crippen LogP contribution in [0.1, 0.15) is 40.5 Å². The van der Waals surface area contributed by atoms with Gasteiger partial charge in [0, 0.05) is 20.2 Å². The van der Waals surface area contributed by atoms with Crippen molar-refractivity contribution in [1.82, 2.24) is 10.2 Å². The lowest BCUT2D eigenvalue weighted by Gasteiger charge is -2.31. The number of nitrogens with one attached hydrogen (secondary N) is 1. The fourth-order valence-corrected chi connectivity index (χ4v) is 3.10. The summed E-state index contributed by atoms with van der Waals surface area (Å²) in [6, 6.07) is -1.63. The smallest absolute Gasteiger partial charge is 0.210 e. The van der Waals surface area contributed by atoms with E-state index in [1.165, 1.54) is 36.5 Å². The van der Waals surface area contributed by atoms with Crippen LogP contribution < -0.4 is 5.32 Å². The highest BCUT2D eigenvalue weighted by molar-refractivity contribution is 5.55. The third kappa shape index (κ3) is 14.0. The average Bonchev–Trinajstić information content (AvgIpc) is 2.78. The number of ether oxygens (including phenoxy) is 1. The summed E-state index contributed by atoms with van der Waals surface area (Å²) in [5.41, 5.74) is 0. The van der Waals surface area contributed by atoms with Gasteiger partial charge in [0.2, 0.25) is 6.41 Å². The van der Waals surface area contributed by atoms with Crippen LogP contribution in [0.4, 0.5) is 4.39 Å². The number of rotatable bonds is 18. The van der Waals surface area contributed by atoms with Gasteiger partial charge in [0.1, 0.15) is 23.9 Å². The standard InChI is InChI=1S/C25H42FN3O5/c1-6-9-21(26)13-12-19(3)10-8-11-22(29(18-30)17-20(4)31)25(27-7-2)23(32)16-24(33)28-14-15-34-5/h7-9,11-13,16,18-20,22,24-25,28,31-33H,6,10,14-15,17H2,1-5H3/b11-8+,13-12-,21-9+,23-16-,27-7?. The Balaban J connectivity index is 5.78. The van der Waals surface area contributed by atoms with Gasteiger partial charge < -0.3 is 25.0 Å². The van der Waals surface area contributed by atoms with E-state index < -0.39 is 24.4 Å². The van der Waals surface area contributed by atoms with Crippen LogP contribution in [0.5, 0.6) is 0 Å². The minimum atomic E-state index is -1.15. The third-order valence-electron chi connectivity index (χ3n) is 4.74. The first-order chi connectivity index (χ1) is 16.2. The number of hydrogen-bond acceptors (Lipinski definition) is 7. The van der Waals surface area contributed by atoms with E-state index in [1.54, 1.807) is 26.0 Å². The summed E-state index contributed by atoms with van der Waals surface area (Å²) in [4.78, 5) is 17.5. The van der Waals surface area contributed by atoms with Crippen molar-refractivity contribution in [3.8, 4) is 0 Å². The first kappa shape index (κ1) is 31.7. The van der Waals surface area contributed by atoms with Gasteiger partial charge in [-0.1, -0.05) is 32.1 Å². The summed E-state index contributed by atoms with van der Waals surface area (Å²) in [5.74, 6) is -0.494. The Morgan fingerprint density at radius 2 is 1.97 bits per heavy atom. The molecule has 0 aliphatic heterocycles. The molecule has 1 amide bonds. The lowest BCUT2D eigenvalue weighted by molar-refractivity contribution is -0.121. The van der Waals surface area contributed by atoms with Crippen molar-refractivity contribution in [2.45, 2.75) is 65.0 Å². The lowest BCUT2D eigenvalue weighted by Crippen LogP contribution is -2.45. The molecular weight excluding hydrogens is 441 g/mol. The zero-order chi connectivity index (χ0) is 25.9. The number of hydrogen-bond donors (Lipinski definition) is 4. The molecule has 9 heteroatoms. The Bertz CT molecular complexity index is 707. The molecule has 0 spiro atoms. The van der Waals surface area contributed by atoms with Gasteiger partial charge in [-0.2, -0.15) is 0 Å². The minimum absolute atomic E-state index is 0.0263. The van der Waals surface area contributed by atoms with Gasteiger partial charge in [-0.15, -0.1) is 0 Å². The summed E-state index contributed by atoms with van der Waals surface area (Å²) in [6.07, 6.45) is 10.8. The van der Waals surface area contributed by atoms with Crippen LogP contribution >= 0.6 is 0 Å². The lowest BCUT2D eigenvalue weighted by atomic mass is 10.0. The summed E-state index contributed by atoms with van der Waals surface area (Å²) in [6.45, 7) is 7.81. The molecule has 194 valence electrons. The Hall–Kier alpha value is -2.33. The van der Waals surface area contributed by atoms with Gasteiger partial charge in [0.05, 0.1) is 18.8 Å². The quantitative estimate of drug-likeness (QED) is 0.0453. The summed E-state index contributed by atoms with van der Waals surface area (Å²) in [7, 11) is 1.54. The van der Waals surface area contributed by atoms with Crippen LogP contribution in [0.25, 0.3) is 0 Å². The molecule has 0 aromatic heterocycles. The second kappa shape index (κ2) is 19.0. The zero-order valence-corrected chi connectivity index (χ0v) is 21.0. The highest BCUT2D eigenvalue weighted by Gasteiger charge is 2.28. The first-order valence-corrected chi connectivity index (χ1v) is 11.6. The number of nitrogens with zero attached hydrogens (tertiary/aromatic N) is 2. The Morgan fingerprint density at radius 1 is 1.26 bits per heavy atom. The van der Waals surface area contributed by atoms with Crippen molar-refractivity contribution >= 4 is 12.6 Å². The fourth-order valence-electron chi connectivity index (χ4n) is 3.10. The molecule has 0 aromatic carbocycles. The maximum atomic E-state index is 13.6. The number of aliphatic hydroxyl groups is 3. The third-order valence-corrected chi connectivity index (χ3v) is 4.74. The topological polar surface area (TPSA) is 115 Å². The molecule has 0 saturated carbocycles. The van der Waals surface area contributed by atoms with Gasteiger partial charge in [-0.25, -0.2) is 4.39 Å². The van der Waals surface area contributed by atoms with Gasteiger partial charge in [-0.3, -0.25) is 15.1 Å². The normalized spacial score (nSPS) is 17.9. The van der Waals surface area contributed by atoms with E-state index in [0.717, 1.165) is 0 Å². The van der Waals surface area contributed by atoms with Crippen LogP contribution in [0, 0.1) is 5.92 Å². The molecule has 0 fully saturated rings. The van der Waals surface area contributed by atoms with E-state index in [1.807, 2.05) is 19.9 Å². The van der Waals surface area contributed by atoms with Crippen molar-refractivity contribution in [1.29, 1.82) is 0 Å². The fraction of sp³-hybridized carbons (Fsp3) is 0.600. The Labute approximate surface area is 203 Å². The average molecular weight is 484 g/mol. The first-order valence-electron chi connectivity index (χ1n) is 11.6. The largest absolute Gasteiger partial charge is 0.510 e. The molecule has 0 rings (SSSR count). The number of carbonyl (C=O) groups is 1. The second-order valence-corrected chi connectivity index (χ2v) is 7.97. The van der Waals surface area contributed by atoms with Crippen LogP contribution in [0.15, 0.2) is 53.0 Å². The summed E-state index contributed by atoms with van der Waals surface area (Å²) >= 11 is 0. The second-order valence-electron chi connectivity index (χ2n) is 7.97. The van der Waals surface area contributed by atoms with Crippen LogP contribution in [0.3, 0.4) is 0 Å². The molecule has 0 saturated heterocycles. The van der Waals surface area contributed by atoms with Crippen LogP contribution in [0.2, 0.25) is 0 Å². The number of aliphatic imine (C=N–C) groups is 1. The van der Waals surface area contributed by atoms with E-state index in [0.29, 0.717) is 32.4 Å². The summed E-state index contributed by atoms with van der Waals surface area (Å²) < 4.78 is 18.5. The van der Waals surface area contributed by atoms with E-state index in [4.69, 9.17) is 4.74 Å². The molecular formula is C25H42FN3O5. The van der Waals surface area contributed by atoms with Crippen molar-refractivity contribution in [3.05, 3.63) is 48.0 Å². The highest BCUT2D eigenvalue weighted by Crippen LogP contribution is 2.18. The molecule has 8 nitrogen and oxygen atoms in total. The molecule has 5 unspecified atom stereocenters. The number of halogens is 1. The van der Waals surface area contributed by atoms with Gasteiger partial charge in [0.15, 0.2) is 0 Å². The predicted octanol–water partition coefficient (Wildman–Crippen LogP) is 3.05. The molecule has 5 atom stereocenters. The van der Waals surface area contributed by atoms with Crippen LogP contribution in [-0.4, -0.2) is 84.1 Å². The van der Waals surface area contributed by atoms with Crippen molar-refractivity contribution in [3.63, 3.8) is 0 Å². The number of methoxy groups -OCH3 is 1. The molecule has 0 heterocycles. The van der Waals surface area contributed by atoms with Crippen LogP contribution in [-0.2, 0) is 9.53 Å². The molecule has 0 aliphatic rings. The van der Waals surface area contributed by atoms with E-state index >= 15 is 0 Å². The minimum Gasteiger partial charge on any atom is -0.510 e. The van der Waals surface area contributed by atoms with E-state index in [-0.39, 0.29) is 24.0 Å². The van der Waals surface area contributed by atoms with Crippen molar-refractivity contribution in [2.75, 3.05) is 26.8 Å². The number of allylic oxidation sites excluding steroid dienone is 5. The maximum Gasteiger partial charge on any atom is 0.210 e. The number of aliphatic hydroxyl groups excluding tert-OH is 3. The zero-order valence-electron chi connectivity index (χ0n) is 21.0.